The van der Waals surface area contributed by atoms with Crippen LogP contribution in [0.15, 0.2) is 24.3 Å². The van der Waals surface area contributed by atoms with E-state index in [0.29, 0.717) is 19.3 Å². The summed E-state index contributed by atoms with van der Waals surface area (Å²) in [5, 5.41) is 9.75. The molecule has 2 N–H and O–H groups in total. The largest absolute Gasteiger partial charge is 0.472 e. The number of rotatable bonds is 51. The fourth-order valence-electron chi connectivity index (χ4n) is 7.68. The molecule has 0 aliphatic rings. The van der Waals surface area contributed by atoms with Gasteiger partial charge in [-0.3, -0.25) is 23.4 Å². The van der Waals surface area contributed by atoms with Gasteiger partial charge in [0.05, 0.1) is 19.8 Å². The maximum absolute atomic E-state index is 12.8. The van der Waals surface area contributed by atoms with E-state index >= 15 is 0 Å². The van der Waals surface area contributed by atoms with E-state index in [1.807, 2.05) is 0 Å². The van der Waals surface area contributed by atoms with E-state index in [1.54, 1.807) is 0 Å². The number of aliphatic hydroxyl groups excluding tert-OH is 1. The molecule has 0 amide bonds. The molecule has 0 aromatic heterocycles. The van der Waals surface area contributed by atoms with E-state index in [2.05, 4.69) is 45.1 Å². The van der Waals surface area contributed by atoms with Crippen molar-refractivity contribution in [3.05, 3.63) is 24.3 Å². The summed E-state index contributed by atoms with van der Waals surface area (Å²) >= 11 is 0. The molecule has 0 saturated carbocycles. The SMILES string of the molecule is CCCCC/C=C\C/C=C\CCCCCCCCCC(=O)OCC(COP(=O)(O)OCC(CO)OC(=O)CCCCCCCCCCC)OC(=O)CCCCCCCCCCCCCCC. The molecule has 0 saturated heterocycles. The molecule has 0 heterocycles. The lowest BCUT2D eigenvalue weighted by Gasteiger charge is -2.21. The molecular weight excluding hydrogens is 856 g/mol. The van der Waals surface area contributed by atoms with Gasteiger partial charge >= 0.3 is 25.7 Å². The van der Waals surface area contributed by atoms with E-state index in [1.165, 1.54) is 135 Å². The molecule has 0 bridgehead atoms. The Bertz CT molecular complexity index is 1210. The molecule has 0 aliphatic carbocycles. The van der Waals surface area contributed by atoms with Crippen molar-refractivity contribution in [3.63, 3.8) is 0 Å². The second-order valence-corrected chi connectivity index (χ2v) is 19.9. The third-order valence-corrected chi connectivity index (χ3v) is 12.8. The van der Waals surface area contributed by atoms with Gasteiger partial charge in [0.25, 0.3) is 0 Å². The van der Waals surface area contributed by atoms with Crippen LogP contribution in [0, 0.1) is 0 Å². The minimum Gasteiger partial charge on any atom is -0.462 e. The number of carbonyl (C=O) groups excluding carboxylic acids is 3. The smallest absolute Gasteiger partial charge is 0.462 e. The molecule has 388 valence electrons. The molecular formula is C54H101O11P. The molecule has 0 radical (unpaired) electrons. The van der Waals surface area contributed by atoms with Gasteiger partial charge in [-0.05, 0) is 51.4 Å². The summed E-state index contributed by atoms with van der Waals surface area (Å²) in [6.07, 6.45) is 47.2. The van der Waals surface area contributed by atoms with Crippen molar-refractivity contribution in [1.29, 1.82) is 0 Å². The molecule has 12 heteroatoms. The summed E-state index contributed by atoms with van der Waals surface area (Å²) in [6, 6.07) is 0. The number of hydrogen-bond acceptors (Lipinski definition) is 10. The highest BCUT2D eigenvalue weighted by Crippen LogP contribution is 2.43. The number of ether oxygens (including phenoxy) is 3. The lowest BCUT2D eigenvalue weighted by Crippen LogP contribution is -2.30. The normalized spacial score (nSPS) is 13.6. The lowest BCUT2D eigenvalue weighted by atomic mass is 10.0. The molecule has 11 nitrogen and oxygen atoms in total. The summed E-state index contributed by atoms with van der Waals surface area (Å²) in [7, 11) is -4.73. The van der Waals surface area contributed by atoms with Gasteiger partial charge in [0.15, 0.2) is 6.10 Å². The summed E-state index contributed by atoms with van der Waals surface area (Å²) < 4.78 is 39.4. The average molecular weight is 957 g/mol. The zero-order valence-electron chi connectivity index (χ0n) is 42.7. The summed E-state index contributed by atoms with van der Waals surface area (Å²) in [5.74, 6) is -1.46. The van der Waals surface area contributed by atoms with Crippen LogP contribution in [-0.2, 0) is 42.2 Å². The minimum absolute atomic E-state index is 0.172. The number of carbonyl (C=O) groups is 3. The fraction of sp³-hybridized carbons (Fsp3) is 0.870. The van der Waals surface area contributed by atoms with Gasteiger partial charge in [0.2, 0.25) is 0 Å². The fourth-order valence-corrected chi connectivity index (χ4v) is 8.47. The Morgan fingerprint density at radius 1 is 0.424 bits per heavy atom. The zero-order valence-corrected chi connectivity index (χ0v) is 43.6. The first-order chi connectivity index (χ1) is 32.2. The van der Waals surface area contributed by atoms with Gasteiger partial charge in [0.1, 0.15) is 12.7 Å². The van der Waals surface area contributed by atoms with Crippen LogP contribution < -0.4 is 0 Å². The van der Waals surface area contributed by atoms with Crippen molar-refractivity contribution < 1.29 is 52.2 Å². The second-order valence-electron chi connectivity index (χ2n) is 18.4. The molecule has 3 atom stereocenters. The van der Waals surface area contributed by atoms with Gasteiger partial charge in [-0.25, -0.2) is 4.57 Å². The summed E-state index contributed by atoms with van der Waals surface area (Å²) in [4.78, 5) is 48.3. The van der Waals surface area contributed by atoms with Gasteiger partial charge < -0.3 is 24.2 Å². The number of allylic oxidation sites excluding steroid dienone is 4. The first-order valence-corrected chi connectivity index (χ1v) is 28.7. The monoisotopic (exact) mass is 957 g/mol. The highest BCUT2D eigenvalue weighted by atomic mass is 31.2. The van der Waals surface area contributed by atoms with E-state index in [0.717, 1.165) is 70.6 Å². The highest BCUT2D eigenvalue weighted by Gasteiger charge is 2.28. The van der Waals surface area contributed by atoms with Crippen molar-refractivity contribution in [3.8, 4) is 0 Å². The van der Waals surface area contributed by atoms with E-state index in [-0.39, 0.29) is 25.9 Å². The summed E-state index contributed by atoms with van der Waals surface area (Å²) in [5.41, 5.74) is 0. The first kappa shape index (κ1) is 64.0. The van der Waals surface area contributed by atoms with Gasteiger partial charge in [-0.2, -0.15) is 0 Å². The standard InChI is InChI=1S/C54H101O11P/c1-4-7-10-13-16-19-21-23-24-25-26-28-29-32-34-37-40-43-52(56)61-47-51(65-54(58)45-42-39-36-33-30-27-22-20-17-14-11-8-5-2)49-63-66(59,60)62-48-50(46-55)64-53(57)44-41-38-35-31-18-15-12-9-6-3/h16,19,23-24,50-51,55H,4-15,17-18,20-22,25-49H2,1-3H3,(H,59,60)/b19-16-,24-23-. The van der Waals surface area contributed by atoms with Crippen LogP contribution in [0.2, 0.25) is 0 Å². The Hall–Kier alpha value is -2.04. The highest BCUT2D eigenvalue weighted by molar-refractivity contribution is 7.47. The quantitative estimate of drug-likeness (QED) is 0.0197. The van der Waals surface area contributed by atoms with E-state index in [9.17, 15) is 28.9 Å². The Kier molecular flexibility index (Phi) is 47.9. The number of unbranched alkanes of at least 4 members (excludes halogenated alkanes) is 30. The molecule has 0 aromatic rings. The molecule has 3 unspecified atom stereocenters. The van der Waals surface area contributed by atoms with Gasteiger partial charge in [-0.15, -0.1) is 0 Å². The average Bonchev–Trinajstić information content (AvgIpc) is 3.30. The molecule has 0 aliphatic heterocycles. The first-order valence-electron chi connectivity index (χ1n) is 27.2. The zero-order chi connectivity index (χ0) is 48.4. The van der Waals surface area contributed by atoms with Crippen LogP contribution in [0.25, 0.3) is 0 Å². The van der Waals surface area contributed by atoms with Crippen molar-refractivity contribution in [2.24, 2.45) is 0 Å². The van der Waals surface area contributed by atoms with Crippen LogP contribution in [0.5, 0.6) is 0 Å². The molecule has 0 rings (SSSR count). The number of phosphoric acid groups is 1. The molecule has 0 aromatic carbocycles. The van der Waals surface area contributed by atoms with Crippen LogP contribution in [0.4, 0.5) is 0 Å². The summed E-state index contributed by atoms with van der Waals surface area (Å²) in [6.45, 7) is 4.61. The second kappa shape index (κ2) is 49.4. The molecule has 66 heavy (non-hydrogen) atoms. The van der Waals surface area contributed by atoms with E-state index in [4.69, 9.17) is 23.3 Å². The Morgan fingerprint density at radius 3 is 1.15 bits per heavy atom. The molecule has 0 fully saturated rings. The topological polar surface area (TPSA) is 155 Å². The van der Waals surface area contributed by atoms with Crippen LogP contribution in [0.3, 0.4) is 0 Å². The Balaban J connectivity index is 4.70. The van der Waals surface area contributed by atoms with Crippen LogP contribution in [-0.4, -0.2) is 66.5 Å². The van der Waals surface area contributed by atoms with E-state index < -0.39 is 57.8 Å². The van der Waals surface area contributed by atoms with Crippen LogP contribution >= 0.6 is 7.82 Å². The van der Waals surface area contributed by atoms with Gasteiger partial charge in [-0.1, -0.05) is 218 Å². The number of aliphatic hydroxyl groups is 1. The third-order valence-electron chi connectivity index (χ3n) is 11.9. The van der Waals surface area contributed by atoms with Gasteiger partial charge in [0, 0.05) is 19.3 Å². The third kappa shape index (κ3) is 47.0. The van der Waals surface area contributed by atoms with Crippen molar-refractivity contribution >= 4 is 25.7 Å². The van der Waals surface area contributed by atoms with Crippen molar-refractivity contribution in [2.75, 3.05) is 26.4 Å². The number of phosphoric ester groups is 1. The maximum atomic E-state index is 12.8. The predicted molar refractivity (Wildman–Crippen MR) is 270 cm³/mol. The molecule has 0 spiro atoms. The Labute approximate surface area is 404 Å². The lowest BCUT2D eigenvalue weighted by molar-refractivity contribution is -0.161. The Morgan fingerprint density at radius 2 is 0.742 bits per heavy atom. The predicted octanol–water partition coefficient (Wildman–Crippen LogP) is 15.5. The number of esters is 3. The van der Waals surface area contributed by atoms with Crippen molar-refractivity contribution in [2.45, 2.75) is 277 Å². The van der Waals surface area contributed by atoms with Crippen molar-refractivity contribution in [1.82, 2.24) is 0 Å². The van der Waals surface area contributed by atoms with Crippen LogP contribution in [0.1, 0.15) is 265 Å². The number of hydrogen-bond donors (Lipinski definition) is 2. The minimum atomic E-state index is -4.73. The maximum Gasteiger partial charge on any atom is 0.472 e.